The molecular formula is C22H21NO4. The van der Waals surface area contributed by atoms with E-state index in [4.69, 9.17) is 9.47 Å². The van der Waals surface area contributed by atoms with Crippen molar-refractivity contribution in [1.29, 1.82) is 0 Å². The van der Waals surface area contributed by atoms with Gasteiger partial charge in [0.15, 0.2) is 11.5 Å². The number of carbonyl (C=O) groups is 2. The smallest absolute Gasteiger partial charge is 0.313 e. The van der Waals surface area contributed by atoms with E-state index in [0.717, 1.165) is 10.8 Å². The van der Waals surface area contributed by atoms with Crippen LogP contribution in [0.5, 0.6) is 11.5 Å². The lowest BCUT2D eigenvalue weighted by atomic mass is 10.1. The van der Waals surface area contributed by atoms with E-state index in [1.54, 1.807) is 24.3 Å². The first-order valence-electron chi connectivity index (χ1n) is 8.87. The van der Waals surface area contributed by atoms with Crippen molar-refractivity contribution in [1.82, 2.24) is 5.32 Å². The normalized spacial score (nSPS) is 10.4. The van der Waals surface area contributed by atoms with Gasteiger partial charge in [-0.3, -0.25) is 9.59 Å². The Hall–Kier alpha value is -3.34. The topological polar surface area (TPSA) is 64.6 Å². The number of esters is 1. The second kappa shape index (κ2) is 8.85. The van der Waals surface area contributed by atoms with Gasteiger partial charge in [0.05, 0.1) is 13.0 Å². The second-order valence-corrected chi connectivity index (χ2v) is 5.92. The van der Waals surface area contributed by atoms with Gasteiger partial charge in [-0.2, -0.15) is 0 Å². The molecule has 1 amide bonds. The molecule has 0 fully saturated rings. The van der Waals surface area contributed by atoms with E-state index >= 15 is 0 Å². The largest absolute Gasteiger partial charge is 0.490 e. The highest BCUT2D eigenvalue weighted by molar-refractivity contribution is 5.98. The number of carbonyl (C=O) groups excluding carboxylic acids is 2. The minimum Gasteiger partial charge on any atom is -0.490 e. The lowest BCUT2D eigenvalue weighted by Crippen LogP contribution is -2.27. The number of hydrogen-bond donors (Lipinski definition) is 1. The van der Waals surface area contributed by atoms with Gasteiger partial charge in [0, 0.05) is 12.1 Å². The van der Waals surface area contributed by atoms with Gasteiger partial charge in [0.2, 0.25) is 0 Å². The molecule has 3 aromatic rings. The van der Waals surface area contributed by atoms with Crippen molar-refractivity contribution in [3.63, 3.8) is 0 Å². The number of amides is 1. The van der Waals surface area contributed by atoms with Crippen LogP contribution in [0.2, 0.25) is 0 Å². The van der Waals surface area contributed by atoms with Crippen molar-refractivity contribution in [2.24, 2.45) is 0 Å². The van der Waals surface area contributed by atoms with Crippen LogP contribution >= 0.6 is 0 Å². The summed E-state index contributed by atoms with van der Waals surface area (Å²) in [5, 5.41) is 4.82. The maximum Gasteiger partial charge on any atom is 0.313 e. The van der Waals surface area contributed by atoms with Crippen LogP contribution < -0.4 is 14.8 Å². The van der Waals surface area contributed by atoms with Gasteiger partial charge in [-0.25, -0.2) is 0 Å². The van der Waals surface area contributed by atoms with Crippen LogP contribution in [0.25, 0.3) is 10.8 Å². The second-order valence-electron chi connectivity index (χ2n) is 5.92. The third-order valence-electron chi connectivity index (χ3n) is 4.00. The number of nitrogens with one attached hydrogen (secondary N) is 1. The monoisotopic (exact) mass is 363 g/mol. The summed E-state index contributed by atoms with van der Waals surface area (Å²) in [6.07, 6.45) is 0.0692. The van der Waals surface area contributed by atoms with Gasteiger partial charge in [-0.05, 0) is 42.0 Å². The average Bonchev–Trinajstić information content (AvgIpc) is 2.69. The van der Waals surface area contributed by atoms with Crippen molar-refractivity contribution in [2.75, 3.05) is 13.2 Å². The molecule has 0 saturated heterocycles. The van der Waals surface area contributed by atoms with E-state index in [1.165, 1.54) is 0 Å². The predicted molar refractivity (Wildman–Crippen MR) is 104 cm³/mol. The molecule has 138 valence electrons. The molecule has 0 aliphatic heterocycles. The van der Waals surface area contributed by atoms with Crippen LogP contribution in [0.4, 0.5) is 0 Å². The molecule has 3 rings (SSSR count). The molecule has 0 radical (unpaired) electrons. The summed E-state index contributed by atoms with van der Waals surface area (Å²) >= 11 is 0. The number of hydrogen-bond acceptors (Lipinski definition) is 4. The Bertz CT molecular complexity index is 952. The number of fused-ring (bicyclic) bond motifs is 1. The Kier molecular flexibility index (Phi) is 6.05. The Morgan fingerprint density at radius 3 is 2.37 bits per heavy atom. The minimum absolute atomic E-state index is 0.0692. The van der Waals surface area contributed by atoms with E-state index in [2.05, 4.69) is 5.32 Å². The molecule has 0 aliphatic rings. The lowest BCUT2D eigenvalue weighted by Gasteiger charge is -2.10. The fourth-order valence-corrected chi connectivity index (χ4v) is 2.69. The molecular weight excluding hydrogens is 342 g/mol. The van der Waals surface area contributed by atoms with Crippen molar-refractivity contribution >= 4 is 22.6 Å². The Morgan fingerprint density at radius 2 is 1.59 bits per heavy atom. The molecule has 3 aromatic carbocycles. The van der Waals surface area contributed by atoms with Crippen LogP contribution in [0.15, 0.2) is 66.7 Å². The number of rotatable bonds is 7. The molecule has 5 nitrogen and oxygen atoms in total. The van der Waals surface area contributed by atoms with Gasteiger partial charge >= 0.3 is 5.97 Å². The van der Waals surface area contributed by atoms with Crippen molar-refractivity contribution in [3.05, 3.63) is 72.3 Å². The molecule has 0 aliphatic carbocycles. The van der Waals surface area contributed by atoms with Crippen molar-refractivity contribution < 1.29 is 19.1 Å². The third kappa shape index (κ3) is 4.85. The third-order valence-corrected chi connectivity index (χ3v) is 4.00. The summed E-state index contributed by atoms with van der Waals surface area (Å²) in [5.41, 5.74) is 0.559. The van der Waals surface area contributed by atoms with Gasteiger partial charge in [0.25, 0.3) is 5.91 Å². The van der Waals surface area contributed by atoms with E-state index in [-0.39, 0.29) is 18.9 Å². The highest BCUT2D eigenvalue weighted by atomic mass is 16.6. The van der Waals surface area contributed by atoms with Crippen LogP contribution in [-0.2, 0) is 4.79 Å². The molecule has 0 unspecified atom stereocenters. The maximum atomic E-state index is 12.3. The molecule has 0 spiro atoms. The van der Waals surface area contributed by atoms with Crippen LogP contribution in [0.3, 0.4) is 0 Å². The first kappa shape index (κ1) is 18.5. The molecule has 0 bridgehead atoms. The van der Waals surface area contributed by atoms with E-state index < -0.39 is 5.97 Å². The predicted octanol–water partition coefficient (Wildman–Crippen LogP) is 3.96. The van der Waals surface area contributed by atoms with E-state index in [9.17, 15) is 9.59 Å². The molecule has 0 atom stereocenters. The summed E-state index contributed by atoms with van der Waals surface area (Å²) in [6.45, 7) is 2.54. The van der Waals surface area contributed by atoms with E-state index in [1.807, 2.05) is 49.4 Å². The number of benzene rings is 3. The van der Waals surface area contributed by atoms with Crippen molar-refractivity contribution in [2.45, 2.75) is 13.3 Å². The molecule has 0 heterocycles. The SMILES string of the molecule is CCOc1ccccc1OC(=O)CCNC(=O)c1ccc2ccccc2c1. The minimum atomic E-state index is -0.430. The average molecular weight is 363 g/mol. The molecule has 5 heteroatoms. The maximum absolute atomic E-state index is 12.3. The first-order valence-corrected chi connectivity index (χ1v) is 8.87. The van der Waals surface area contributed by atoms with Crippen molar-refractivity contribution in [3.8, 4) is 11.5 Å². The molecule has 1 N–H and O–H groups in total. The van der Waals surface area contributed by atoms with Gasteiger partial charge in [0.1, 0.15) is 0 Å². The van der Waals surface area contributed by atoms with E-state index in [0.29, 0.717) is 23.7 Å². The summed E-state index contributed by atoms with van der Waals surface area (Å²) in [7, 11) is 0. The zero-order valence-corrected chi connectivity index (χ0v) is 15.1. The zero-order valence-electron chi connectivity index (χ0n) is 15.1. The number of para-hydroxylation sites is 2. The summed E-state index contributed by atoms with van der Waals surface area (Å²) in [6, 6.07) is 20.4. The lowest BCUT2D eigenvalue weighted by molar-refractivity contribution is -0.134. The van der Waals surface area contributed by atoms with Crippen LogP contribution in [0.1, 0.15) is 23.7 Å². The van der Waals surface area contributed by atoms with Gasteiger partial charge in [-0.15, -0.1) is 0 Å². The fourth-order valence-electron chi connectivity index (χ4n) is 2.69. The quantitative estimate of drug-likeness (QED) is 0.510. The Labute approximate surface area is 157 Å². The summed E-state index contributed by atoms with van der Waals surface area (Å²) < 4.78 is 10.8. The number of ether oxygens (including phenoxy) is 2. The summed E-state index contributed by atoms with van der Waals surface area (Å²) in [4.78, 5) is 24.3. The van der Waals surface area contributed by atoms with Gasteiger partial charge in [-0.1, -0.05) is 42.5 Å². The molecule has 27 heavy (non-hydrogen) atoms. The highest BCUT2D eigenvalue weighted by Crippen LogP contribution is 2.26. The molecule has 0 saturated carbocycles. The Balaban J connectivity index is 1.52. The molecule has 0 aromatic heterocycles. The standard InChI is InChI=1S/C22H21NO4/c1-2-26-19-9-5-6-10-20(19)27-21(24)13-14-23-22(25)18-12-11-16-7-3-4-8-17(16)15-18/h3-12,15H,2,13-14H2,1H3,(H,23,25). The van der Waals surface area contributed by atoms with Crippen LogP contribution in [-0.4, -0.2) is 25.0 Å². The first-order chi connectivity index (χ1) is 13.2. The van der Waals surface area contributed by atoms with Gasteiger partial charge < -0.3 is 14.8 Å². The highest BCUT2D eigenvalue weighted by Gasteiger charge is 2.11. The zero-order chi connectivity index (χ0) is 19.1. The fraction of sp³-hybridized carbons (Fsp3) is 0.182. The van der Waals surface area contributed by atoms with Crippen LogP contribution in [0, 0.1) is 0 Å². The Morgan fingerprint density at radius 1 is 0.889 bits per heavy atom. The summed E-state index contributed by atoms with van der Waals surface area (Å²) in [5.74, 6) is 0.253.